The minimum Gasteiger partial charge on any atom is -0.296 e. The van der Waals surface area contributed by atoms with Crippen molar-refractivity contribution in [3.63, 3.8) is 0 Å². The second-order valence-electron chi connectivity index (χ2n) is 10.8. The van der Waals surface area contributed by atoms with E-state index in [0.29, 0.717) is 0 Å². The molecular weight excluding hydrogens is 546 g/mol. The van der Waals surface area contributed by atoms with Gasteiger partial charge in [-0.3, -0.25) is 42.3 Å². The summed E-state index contributed by atoms with van der Waals surface area (Å²) >= 11 is 0. The second kappa shape index (κ2) is 15.1. The van der Waals surface area contributed by atoms with Crippen molar-refractivity contribution in [1.29, 1.82) is 0 Å². The lowest BCUT2D eigenvalue weighted by molar-refractivity contribution is 0.283. The van der Waals surface area contributed by atoms with Crippen LogP contribution in [-0.4, -0.2) is 188 Å². The Hall–Kier alpha value is 0.720. The van der Waals surface area contributed by atoms with Crippen LogP contribution < -0.4 is 0 Å². The first-order valence-corrected chi connectivity index (χ1v) is 18.1. The molecule has 0 fully saturated rings. The van der Waals surface area contributed by atoms with Crippen molar-refractivity contribution in [3.05, 3.63) is 0 Å². The molecule has 0 aliphatic rings. The largest absolute Gasteiger partial charge is 0.296 e. The molecule has 0 aromatic heterocycles. The Morgan fingerprint density at radius 3 is 0.784 bits per heavy atom. The molecule has 0 spiro atoms. The van der Waals surface area contributed by atoms with E-state index in [9.17, 15) is 0 Å². The van der Waals surface area contributed by atoms with Gasteiger partial charge in [0, 0.05) is 0 Å². The highest BCUT2D eigenvalue weighted by Gasteiger charge is 2.38. The molecule has 224 valence electrons. The molecule has 37 heavy (non-hydrogen) atoms. The van der Waals surface area contributed by atoms with Crippen LogP contribution in [0.15, 0.2) is 13.5 Å². The molecule has 0 aliphatic heterocycles. The van der Waals surface area contributed by atoms with E-state index in [1.165, 1.54) is 0 Å². The lowest BCUT2D eigenvalue weighted by atomic mass is 10.9. The lowest BCUT2D eigenvalue weighted by Gasteiger charge is -2.45. The maximum Gasteiger partial charge on any atom is 0.274 e. The molecule has 0 aliphatic carbocycles. The third-order valence-corrected chi connectivity index (χ3v) is 20.3. The normalized spacial score (nSPS) is 14.4. The Morgan fingerprint density at radius 1 is 0.378 bits per heavy atom. The van der Waals surface area contributed by atoms with Crippen molar-refractivity contribution in [3.8, 4) is 0 Å². The van der Waals surface area contributed by atoms with Gasteiger partial charge in [-0.2, -0.15) is 13.5 Å². The van der Waals surface area contributed by atoms with Crippen molar-refractivity contribution < 1.29 is 0 Å². The molecule has 0 radical (unpaired) electrons. The highest BCUT2D eigenvalue weighted by Crippen LogP contribution is 2.72. The molecule has 0 aromatic carbocycles. The molecule has 0 saturated carbocycles. The summed E-state index contributed by atoms with van der Waals surface area (Å²) in [7, 11) is 31.7. The Balaban J connectivity index is 8.26. The van der Waals surface area contributed by atoms with E-state index in [4.69, 9.17) is 13.5 Å². The molecule has 0 saturated heterocycles. The Labute approximate surface area is 231 Å². The predicted octanol–water partition coefficient (Wildman–Crippen LogP) is 4.00. The monoisotopic (exact) mass is 605 g/mol. The summed E-state index contributed by atoms with van der Waals surface area (Å²) in [4.78, 5) is 2.18. The van der Waals surface area contributed by atoms with E-state index in [0.717, 1.165) is 6.67 Å². The molecule has 0 atom stereocenters. The average Bonchev–Trinajstić information content (AvgIpc) is 2.70. The van der Waals surface area contributed by atoms with Crippen molar-refractivity contribution in [2.75, 3.05) is 141 Å². The van der Waals surface area contributed by atoms with Gasteiger partial charge in [0.1, 0.15) is 0 Å². The van der Waals surface area contributed by atoms with Crippen LogP contribution in [0.5, 0.6) is 0 Å². The smallest absolute Gasteiger partial charge is 0.274 e. The van der Waals surface area contributed by atoms with Gasteiger partial charge in [0.05, 0.1) is 6.67 Å². The van der Waals surface area contributed by atoms with Crippen LogP contribution >= 0.6 is 30.9 Å². The molecule has 0 rings (SSSR count). The molecule has 0 unspecified atom stereocenters. The highest BCUT2D eigenvalue weighted by atomic mass is 31.2. The molecule has 13 nitrogen and oxygen atoms in total. The van der Waals surface area contributed by atoms with Crippen LogP contribution in [-0.2, 0) is 0 Å². The first-order chi connectivity index (χ1) is 16.7. The molecule has 0 amide bonds. The topological polar surface area (TPSA) is 69.5 Å². The Kier molecular flexibility index (Phi) is 15.4. The third-order valence-electron chi connectivity index (χ3n) is 5.84. The van der Waals surface area contributed by atoms with Gasteiger partial charge >= 0.3 is 0 Å². The van der Waals surface area contributed by atoms with E-state index < -0.39 is 30.9 Å². The van der Waals surface area contributed by atoms with E-state index in [-0.39, 0.29) is 0 Å². The third kappa shape index (κ3) is 8.15. The van der Waals surface area contributed by atoms with Gasteiger partial charge in [-0.1, -0.05) is 0 Å². The maximum absolute atomic E-state index is 5.71. The first kappa shape index (κ1) is 37.7. The summed E-state index contributed by atoms with van der Waals surface area (Å²) in [6, 6.07) is 0. The number of hydrogen-bond donors (Lipinski definition) is 0. The van der Waals surface area contributed by atoms with Gasteiger partial charge in [0.2, 0.25) is 0 Å². The van der Waals surface area contributed by atoms with E-state index in [1.54, 1.807) is 0 Å². The highest BCUT2D eigenvalue weighted by molar-refractivity contribution is 7.76. The zero-order chi connectivity index (χ0) is 29.7. The molecule has 0 heterocycles. The molecule has 0 aromatic rings. The van der Waals surface area contributed by atoms with Crippen LogP contribution in [0.4, 0.5) is 0 Å². The van der Waals surface area contributed by atoms with Gasteiger partial charge in [-0.25, -0.2) is 4.67 Å². The molecule has 0 N–H and O–H groups in total. The van der Waals surface area contributed by atoms with Crippen molar-refractivity contribution in [2.24, 2.45) is 13.5 Å². The van der Waals surface area contributed by atoms with Crippen LogP contribution in [0.3, 0.4) is 0 Å². The minimum atomic E-state index is -2.35. The summed E-state index contributed by atoms with van der Waals surface area (Å²) in [5.74, 6) is 0. The number of hydrogen-bond acceptors (Lipinski definition) is 4. The van der Waals surface area contributed by atoms with Gasteiger partial charge in [-0.15, -0.1) is 0 Å². The van der Waals surface area contributed by atoms with Crippen molar-refractivity contribution in [2.45, 2.75) is 0 Å². The fraction of sp³-hybridized carbons (Fsp3) is 1.00. The quantitative estimate of drug-likeness (QED) is 0.215. The fourth-order valence-electron chi connectivity index (χ4n) is 4.69. The minimum absolute atomic E-state index is 0.765. The van der Waals surface area contributed by atoms with Gasteiger partial charge < -0.3 is 0 Å². The molecular formula is C20H59N13P4. The fourth-order valence-corrected chi connectivity index (χ4v) is 21.0. The predicted molar refractivity (Wildman–Crippen MR) is 171 cm³/mol. The molecule has 17 heteroatoms. The van der Waals surface area contributed by atoms with Crippen LogP contribution in [0.2, 0.25) is 0 Å². The van der Waals surface area contributed by atoms with Gasteiger partial charge in [0.25, 0.3) is 8.37 Å². The number of rotatable bonds is 14. The second-order valence-corrected chi connectivity index (χ2v) is 23.8. The average molecular weight is 606 g/mol. The van der Waals surface area contributed by atoms with E-state index in [1.807, 2.05) is 0 Å². The molecule has 0 bridgehead atoms. The summed E-state index contributed by atoms with van der Waals surface area (Å²) in [5.41, 5.74) is 0. The van der Waals surface area contributed by atoms with E-state index >= 15 is 0 Å². The van der Waals surface area contributed by atoms with Crippen LogP contribution in [0.25, 0.3) is 0 Å². The number of nitrogens with zero attached hydrogens (tertiary/aromatic N) is 13. The maximum atomic E-state index is 5.71. The summed E-state index contributed by atoms with van der Waals surface area (Å²) in [6.45, 7) is 0.765. The summed E-state index contributed by atoms with van der Waals surface area (Å²) in [5, 5.41) is 0. The van der Waals surface area contributed by atoms with Crippen molar-refractivity contribution in [1.82, 2.24) is 46.9 Å². The zero-order valence-electron chi connectivity index (χ0n) is 27.3. The zero-order valence-corrected chi connectivity index (χ0v) is 30.9. The Morgan fingerprint density at radius 2 is 0.595 bits per heavy atom. The van der Waals surface area contributed by atoms with Gasteiger partial charge in [-0.05, 0) is 134 Å². The SMILES string of the molecule is CN(C)CN(C)P(=NP(N=P(N(C)C)(N(C)C)N(C)C)N=P(N(C)C)(N(C)C)N(C)C)(N(C)C)N(C)C. The summed E-state index contributed by atoms with van der Waals surface area (Å²) < 4.78 is 37.3. The van der Waals surface area contributed by atoms with Crippen LogP contribution in [0.1, 0.15) is 0 Å². The van der Waals surface area contributed by atoms with Crippen LogP contribution in [0, 0.1) is 0 Å². The summed E-state index contributed by atoms with van der Waals surface area (Å²) in [6.07, 6.45) is 0. The lowest BCUT2D eigenvalue weighted by Crippen LogP contribution is -2.37. The Bertz CT molecular complexity index is 753. The van der Waals surface area contributed by atoms with E-state index in [2.05, 4.69) is 181 Å². The van der Waals surface area contributed by atoms with Gasteiger partial charge in [0.15, 0.2) is 22.5 Å². The standard InChI is InChI=1S/C20H59N13P4/c1-24(2)20-33(19)37(31(15)16,32(17)18)23-34(21-35(25(3)4,26(5)6)27(7)8)22-36(28(9)10,29(11)12)30(13)14/h20H2,1-19H3. The van der Waals surface area contributed by atoms with Crippen molar-refractivity contribution >= 4 is 30.9 Å². The first-order valence-electron chi connectivity index (χ1n) is 12.1.